The van der Waals surface area contributed by atoms with Crippen molar-refractivity contribution in [2.75, 3.05) is 10.2 Å². The van der Waals surface area contributed by atoms with Gasteiger partial charge < -0.3 is 15.3 Å². The second-order valence-electron chi connectivity index (χ2n) is 8.80. The lowest BCUT2D eigenvalue weighted by atomic mass is 10.0. The molecule has 168 valence electrons. The van der Waals surface area contributed by atoms with Crippen LogP contribution in [0, 0.1) is 18.3 Å². The van der Waals surface area contributed by atoms with Gasteiger partial charge in [-0.05, 0) is 63.3 Å². The number of nitrogens with zero attached hydrogens (tertiary/aromatic N) is 5. The highest BCUT2D eigenvalue weighted by Gasteiger charge is 2.41. The summed E-state index contributed by atoms with van der Waals surface area (Å²) in [7, 11) is 0. The number of aryl methyl sites for hydroxylation is 1. The molecule has 1 atom stereocenters. The Balaban J connectivity index is 1.60. The molecule has 5 rings (SSSR count). The molecule has 0 aliphatic carbocycles. The van der Waals surface area contributed by atoms with Crippen molar-refractivity contribution in [3.8, 4) is 6.07 Å². The van der Waals surface area contributed by atoms with Gasteiger partial charge in [-0.2, -0.15) is 5.26 Å². The number of anilines is 2. The molecular weight excluding hydrogens is 440 g/mol. The summed E-state index contributed by atoms with van der Waals surface area (Å²) >= 11 is 5.90. The van der Waals surface area contributed by atoms with Crippen LogP contribution in [0.4, 0.5) is 11.5 Å². The number of rotatable bonds is 5. The molecule has 4 heterocycles. The SMILES string of the molecule is Cc1cc([C@@H](C)Nc2ccc(Cl)nc2C(=O)O)c2nc(N3C4CCC3CC4)c(C#N)nc2c1. The van der Waals surface area contributed by atoms with Crippen molar-refractivity contribution in [3.63, 3.8) is 0 Å². The summed E-state index contributed by atoms with van der Waals surface area (Å²) in [5, 5.41) is 22.7. The maximum absolute atomic E-state index is 11.7. The third-order valence-corrected chi connectivity index (χ3v) is 6.84. The van der Waals surface area contributed by atoms with Gasteiger partial charge in [0, 0.05) is 17.6 Å². The van der Waals surface area contributed by atoms with Crippen LogP contribution in [0.2, 0.25) is 5.15 Å². The molecule has 0 radical (unpaired) electrons. The molecule has 2 N–H and O–H groups in total. The van der Waals surface area contributed by atoms with E-state index in [1.165, 1.54) is 0 Å². The molecular formula is C24H23ClN6O2. The first kappa shape index (κ1) is 21.4. The first-order valence-electron chi connectivity index (χ1n) is 11.0. The van der Waals surface area contributed by atoms with E-state index in [0.717, 1.165) is 36.8 Å². The van der Waals surface area contributed by atoms with Gasteiger partial charge in [-0.1, -0.05) is 17.7 Å². The van der Waals surface area contributed by atoms with Crippen LogP contribution in [0.1, 0.15) is 66.0 Å². The Morgan fingerprint density at radius 3 is 2.55 bits per heavy atom. The van der Waals surface area contributed by atoms with Crippen LogP contribution >= 0.6 is 11.6 Å². The van der Waals surface area contributed by atoms with Crippen molar-refractivity contribution in [2.45, 2.75) is 57.7 Å². The smallest absolute Gasteiger partial charge is 0.356 e. The first-order valence-corrected chi connectivity index (χ1v) is 11.4. The third-order valence-electron chi connectivity index (χ3n) is 6.63. The Morgan fingerprint density at radius 1 is 1.21 bits per heavy atom. The Labute approximate surface area is 196 Å². The maximum Gasteiger partial charge on any atom is 0.356 e. The zero-order chi connectivity index (χ0) is 23.3. The van der Waals surface area contributed by atoms with E-state index in [-0.39, 0.29) is 16.9 Å². The minimum absolute atomic E-state index is 0.117. The number of carboxylic acids is 1. The van der Waals surface area contributed by atoms with Gasteiger partial charge in [-0.3, -0.25) is 0 Å². The standard InChI is InChI=1S/C24H23ClN6O2/c1-12-9-16(13(2)27-17-7-8-20(25)29-22(17)24(32)33)21-18(10-12)28-19(11-26)23(30-21)31-14-3-4-15(31)6-5-14/h7-10,13-15,27H,3-6H2,1-2H3,(H,32,33)/t13-,14?,15?/m1/s1. The lowest BCUT2D eigenvalue weighted by Gasteiger charge is -2.25. The van der Waals surface area contributed by atoms with Crippen LogP contribution in [-0.4, -0.2) is 38.1 Å². The third kappa shape index (κ3) is 3.72. The van der Waals surface area contributed by atoms with E-state index in [9.17, 15) is 15.2 Å². The molecule has 0 spiro atoms. The second kappa shape index (κ2) is 8.16. The highest BCUT2D eigenvalue weighted by Crippen LogP contribution is 2.42. The Kier molecular flexibility index (Phi) is 5.29. The fourth-order valence-electron chi connectivity index (χ4n) is 5.19. The van der Waals surface area contributed by atoms with Gasteiger partial charge in [-0.25, -0.2) is 19.7 Å². The zero-order valence-electron chi connectivity index (χ0n) is 18.3. The molecule has 2 saturated heterocycles. The monoisotopic (exact) mass is 462 g/mol. The summed E-state index contributed by atoms with van der Waals surface area (Å²) in [6.07, 6.45) is 4.48. The predicted molar refractivity (Wildman–Crippen MR) is 126 cm³/mol. The van der Waals surface area contributed by atoms with Crippen molar-refractivity contribution >= 4 is 40.1 Å². The van der Waals surface area contributed by atoms with Crippen LogP contribution in [-0.2, 0) is 0 Å². The van der Waals surface area contributed by atoms with Crippen molar-refractivity contribution in [1.29, 1.82) is 5.26 Å². The Morgan fingerprint density at radius 2 is 1.91 bits per heavy atom. The number of nitriles is 1. The van der Waals surface area contributed by atoms with E-state index >= 15 is 0 Å². The van der Waals surface area contributed by atoms with E-state index in [4.69, 9.17) is 16.6 Å². The summed E-state index contributed by atoms with van der Waals surface area (Å²) in [6, 6.07) is 9.89. The maximum atomic E-state index is 11.7. The van der Waals surface area contributed by atoms with E-state index in [2.05, 4.69) is 26.3 Å². The minimum atomic E-state index is -1.16. The lowest BCUT2D eigenvalue weighted by molar-refractivity contribution is 0.0691. The number of halogens is 1. The second-order valence-corrected chi connectivity index (χ2v) is 9.19. The van der Waals surface area contributed by atoms with E-state index < -0.39 is 5.97 Å². The van der Waals surface area contributed by atoms with Gasteiger partial charge in [0.05, 0.1) is 22.8 Å². The Hall–Kier alpha value is -3.44. The van der Waals surface area contributed by atoms with Gasteiger partial charge >= 0.3 is 5.97 Å². The van der Waals surface area contributed by atoms with Crippen molar-refractivity contribution in [1.82, 2.24) is 15.0 Å². The van der Waals surface area contributed by atoms with Crippen LogP contribution in [0.5, 0.6) is 0 Å². The number of carbonyl (C=O) groups is 1. The highest BCUT2D eigenvalue weighted by atomic mass is 35.5. The van der Waals surface area contributed by atoms with Crippen molar-refractivity contribution in [2.24, 2.45) is 0 Å². The molecule has 2 bridgehead atoms. The van der Waals surface area contributed by atoms with Crippen LogP contribution in [0.25, 0.3) is 11.0 Å². The number of pyridine rings is 1. The fraction of sp³-hybridized carbons (Fsp3) is 0.375. The molecule has 0 unspecified atom stereocenters. The summed E-state index contributed by atoms with van der Waals surface area (Å²) in [5.41, 5.74) is 3.80. The van der Waals surface area contributed by atoms with Crippen LogP contribution in [0.3, 0.4) is 0 Å². The summed E-state index contributed by atoms with van der Waals surface area (Å²) in [4.78, 5) is 27.6. The van der Waals surface area contributed by atoms with Crippen LogP contribution in [0.15, 0.2) is 24.3 Å². The molecule has 2 aliphatic heterocycles. The average molecular weight is 463 g/mol. The number of hydrogen-bond donors (Lipinski definition) is 2. The largest absolute Gasteiger partial charge is 0.476 e. The number of aromatic carboxylic acids is 1. The predicted octanol–water partition coefficient (Wildman–Crippen LogP) is 4.86. The normalized spacial score (nSPS) is 20.1. The van der Waals surface area contributed by atoms with E-state index in [1.807, 2.05) is 26.0 Å². The number of nitrogens with one attached hydrogen (secondary N) is 1. The topological polar surface area (TPSA) is 115 Å². The first-order chi connectivity index (χ1) is 15.9. The molecule has 3 aromatic rings. The van der Waals surface area contributed by atoms with E-state index in [0.29, 0.717) is 40.3 Å². The average Bonchev–Trinajstić information content (AvgIpc) is 3.39. The van der Waals surface area contributed by atoms with Gasteiger partial charge in [0.15, 0.2) is 17.2 Å². The summed E-state index contributed by atoms with van der Waals surface area (Å²) in [5.74, 6) is -0.502. The molecule has 2 fully saturated rings. The van der Waals surface area contributed by atoms with E-state index in [1.54, 1.807) is 12.1 Å². The molecule has 2 aliphatic rings. The quantitative estimate of drug-likeness (QED) is 0.516. The highest BCUT2D eigenvalue weighted by molar-refractivity contribution is 6.29. The summed E-state index contributed by atoms with van der Waals surface area (Å²) < 4.78 is 0. The molecule has 0 saturated carbocycles. The molecule has 9 heteroatoms. The van der Waals surface area contributed by atoms with Crippen molar-refractivity contribution in [3.05, 3.63) is 51.9 Å². The van der Waals surface area contributed by atoms with Crippen molar-refractivity contribution < 1.29 is 9.90 Å². The van der Waals surface area contributed by atoms with Gasteiger partial charge in [0.2, 0.25) is 0 Å². The van der Waals surface area contributed by atoms with Crippen LogP contribution < -0.4 is 10.2 Å². The molecule has 1 aromatic carbocycles. The molecule has 8 nitrogen and oxygen atoms in total. The zero-order valence-corrected chi connectivity index (χ0v) is 19.1. The van der Waals surface area contributed by atoms with Gasteiger partial charge in [-0.15, -0.1) is 0 Å². The Bertz CT molecular complexity index is 1300. The summed E-state index contributed by atoms with van der Waals surface area (Å²) in [6.45, 7) is 3.90. The lowest BCUT2D eigenvalue weighted by Crippen LogP contribution is -2.30. The number of aromatic nitrogens is 3. The van der Waals surface area contributed by atoms with Gasteiger partial charge in [0.1, 0.15) is 11.2 Å². The number of benzene rings is 1. The minimum Gasteiger partial charge on any atom is -0.476 e. The van der Waals surface area contributed by atoms with Gasteiger partial charge in [0.25, 0.3) is 0 Å². The molecule has 33 heavy (non-hydrogen) atoms. The number of carboxylic acid groups (broad SMARTS) is 1. The number of hydrogen-bond acceptors (Lipinski definition) is 7. The number of fused-ring (bicyclic) bond motifs is 3. The molecule has 2 aromatic heterocycles. The fourth-order valence-corrected chi connectivity index (χ4v) is 5.34. The molecule has 0 amide bonds.